The quantitative estimate of drug-likeness (QED) is 0.379. The Morgan fingerprint density at radius 1 is 1.33 bits per heavy atom. The lowest BCUT2D eigenvalue weighted by molar-refractivity contribution is -0.384. The Morgan fingerprint density at radius 2 is 2.13 bits per heavy atom. The van der Waals surface area contributed by atoms with Crippen molar-refractivity contribution in [2.45, 2.75) is 38.6 Å². The Hall–Kier alpha value is -3.27. The second-order valence-electron chi connectivity index (χ2n) is 7.11. The number of amides is 1. The highest BCUT2D eigenvalue weighted by atomic mass is 32.1. The molecule has 0 unspecified atom stereocenters. The van der Waals surface area contributed by atoms with Crippen LogP contribution in [-0.2, 0) is 24.2 Å². The number of carbonyl (C=O) groups excluding carboxylic acids is 1. The van der Waals surface area contributed by atoms with Crippen LogP contribution in [0.15, 0.2) is 29.3 Å². The highest BCUT2D eigenvalue weighted by Gasteiger charge is 2.21. The maximum atomic E-state index is 13.0. The number of anilines is 1. The molecule has 0 saturated carbocycles. The first kappa shape index (κ1) is 20.0. The second kappa shape index (κ2) is 8.23. The number of ether oxygens (including phenoxy) is 1. The fourth-order valence-electron chi connectivity index (χ4n) is 3.71. The first-order chi connectivity index (χ1) is 14.5. The molecule has 1 N–H and O–H groups in total. The molecule has 1 amide bonds. The van der Waals surface area contributed by atoms with Gasteiger partial charge in [-0.15, -0.1) is 11.3 Å². The third-order valence-corrected chi connectivity index (χ3v) is 6.38. The number of rotatable bonds is 5. The predicted molar refractivity (Wildman–Crippen MR) is 113 cm³/mol. The number of thiophene rings is 1. The number of carbonyl (C=O) groups is 1. The van der Waals surface area contributed by atoms with E-state index in [4.69, 9.17) is 4.74 Å². The molecule has 0 spiro atoms. The monoisotopic (exact) mass is 428 g/mol. The number of methoxy groups -OCH3 is 1. The van der Waals surface area contributed by atoms with Crippen LogP contribution in [0.3, 0.4) is 0 Å². The molecule has 156 valence electrons. The topological polar surface area (TPSA) is 116 Å². The molecule has 1 aliphatic rings. The van der Waals surface area contributed by atoms with Gasteiger partial charge in [-0.1, -0.05) is 6.42 Å². The molecule has 10 heteroatoms. The van der Waals surface area contributed by atoms with Crippen molar-refractivity contribution in [1.82, 2.24) is 9.55 Å². The van der Waals surface area contributed by atoms with Crippen LogP contribution >= 0.6 is 11.3 Å². The van der Waals surface area contributed by atoms with Crippen molar-refractivity contribution in [2.75, 3.05) is 12.4 Å². The average molecular weight is 428 g/mol. The number of hydrogen-bond donors (Lipinski definition) is 1. The van der Waals surface area contributed by atoms with E-state index < -0.39 is 10.8 Å². The van der Waals surface area contributed by atoms with Gasteiger partial charge in [0.1, 0.15) is 22.8 Å². The van der Waals surface area contributed by atoms with E-state index in [0.717, 1.165) is 37.7 Å². The summed E-state index contributed by atoms with van der Waals surface area (Å²) in [6.45, 7) is -0.282. The van der Waals surface area contributed by atoms with Crippen LogP contribution < -0.4 is 15.6 Å². The summed E-state index contributed by atoms with van der Waals surface area (Å²) in [5.74, 6) is -0.239. The third-order valence-electron chi connectivity index (χ3n) is 5.18. The van der Waals surface area contributed by atoms with Crippen LogP contribution in [0.2, 0.25) is 0 Å². The second-order valence-corrected chi connectivity index (χ2v) is 8.19. The number of nitro benzene ring substituents is 1. The highest BCUT2D eigenvalue weighted by molar-refractivity contribution is 7.18. The van der Waals surface area contributed by atoms with Crippen molar-refractivity contribution < 1.29 is 14.5 Å². The zero-order chi connectivity index (χ0) is 21.3. The van der Waals surface area contributed by atoms with E-state index in [0.29, 0.717) is 16.0 Å². The lowest BCUT2D eigenvalue weighted by Gasteiger charge is -2.09. The van der Waals surface area contributed by atoms with Gasteiger partial charge in [0.05, 0.1) is 29.8 Å². The zero-order valence-electron chi connectivity index (χ0n) is 16.3. The summed E-state index contributed by atoms with van der Waals surface area (Å²) >= 11 is 1.55. The number of benzene rings is 1. The zero-order valence-corrected chi connectivity index (χ0v) is 17.2. The molecule has 4 rings (SSSR count). The molecule has 0 radical (unpaired) electrons. The van der Waals surface area contributed by atoms with Crippen molar-refractivity contribution >= 4 is 38.8 Å². The molecular formula is C20H20N4O5S. The van der Waals surface area contributed by atoms with Crippen molar-refractivity contribution in [3.8, 4) is 5.75 Å². The molecule has 0 bridgehead atoms. The summed E-state index contributed by atoms with van der Waals surface area (Å²) in [5.41, 5.74) is 0.563. The number of aryl methyl sites for hydroxylation is 2. The summed E-state index contributed by atoms with van der Waals surface area (Å²) in [6.07, 6.45) is 6.45. The number of aromatic nitrogens is 2. The van der Waals surface area contributed by atoms with E-state index >= 15 is 0 Å². The maximum Gasteiger partial charge on any atom is 0.296 e. The summed E-state index contributed by atoms with van der Waals surface area (Å²) in [4.78, 5) is 42.6. The van der Waals surface area contributed by atoms with Crippen LogP contribution in [0, 0.1) is 10.1 Å². The van der Waals surface area contributed by atoms with E-state index in [1.54, 1.807) is 11.3 Å². The molecule has 0 atom stereocenters. The summed E-state index contributed by atoms with van der Waals surface area (Å²) in [6, 6.07) is 4.15. The van der Waals surface area contributed by atoms with Gasteiger partial charge in [0.15, 0.2) is 0 Å². The Kier molecular flexibility index (Phi) is 5.49. The standard InChI is InChI=1S/C20H20N4O5S/c1-29-12-7-8-14(15(9-12)24(27)28)22-17(25)10-23-11-21-19-18(20(23)26)13-5-3-2-4-6-16(13)30-19/h7-9,11H,2-6,10H2,1H3,(H,22,25). The normalized spacial score (nSPS) is 13.5. The van der Waals surface area contributed by atoms with Gasteiger partial charge in [0.25, 0.3) is 11.2 Å². The average Bonchev–Trinajstić information content (AvgIpc) is 2.92. The molecule has 2 heterocycles. The predicted octanol–water partition coefficient (Wildman–Crippen LogP) is 3.28. The van der Waals surface area contributed by atoms with Gasteiger partial charge < -0.3 is 10.1 Å². The molecule has 1 aromatic carbocycles. The summed E-state index contributed by atoms with van der Waals surface area (Å²) < 4.78 is 6.25. The first-order valence-electron chi connectivity index (χ1n) is 9.60. The van der Waals surface area contributed by atoms with E-state index in [2.05, 4.69) is 10.3 Å². The number of nitro groups is 1. The van der Waals surface area contributed by atoms with E-state index in [-0.39, 0.29) is 23.5 Å². The SMILES string of the molecule is COc1ccc(NC(=O)Cn2cnc3sc4c(c3c2=O)CCCCC4)c([N+](=O)[O-])c1. The van der Waals surface area contributed by atoms with Crippen molar-refractivity contribution in [2.24, 2.45) is 0 Å². The largest absolute Gasteiger partial charge is 0.496 e. The van der Waals surface area contributed by atoms with Crippen LogP contribution in [0.1, 0.15) is 29.7 Å². The lowest BCUT2D eigenvalue weighted by Crippen LogP contribution is -2.28. The molecule has 0 aliphatic heterocycles. The Bertz CT molecular complexity index is 1200. The van der Waals surface area contributed by atoms with Crippen molar-refractivity contribution in [3.05, 3.63) is 55.4 Å². The molecular weight excluding hydrogens is 408 g/mol. The van der Waals surface area contributed by atoms with Crippen LogP contribution in [0.25, 0.3) is 10.2 Å². The van der Waals surface area contributed by atoms with Gasteiger partial charge >= 0.3 is 0 Å². The Labute approximate surface area is 175 Å². The minimum absolute atomic E-state index is 0.0392. The highest BCUT2D eigenvalue weighted by Crippen LogP contribution is 2.33. The van der Waals surface area contributed by atoms with Crippen LogP contribution in [0.5, 0.6) is 5.75 Å². The van der Waals surface area contributed by atoms with Crippen molar-refractivity contribution in [3.63, 3.8) is 0 Å². The molecule has 30 heavy (non-hydrogen) atoms. The van der Waals surface area contributed by atoms with Crippen molar-refractivity contribution in [1.29, 1.82) is 0 Å². The van der Waals surface area contributed by atoms with Gasteiger partial charge in [-0.3, -0.25) is 24.3 Å². The fraction of sp³-hybridized carbons (Fsp3) is 0.350. The van der Waals surface area contributed by atoms with E-state index in [1.807, 2.05) is 0 Å². The van der Waals surface area contributed by atoms with Gasteiger partial charge in [0.2, 0.25) is 5.91 Å². The number of nitrogens with one attached hydrogen (secondary N) is 1. The third kappa shape index (κ3) is 3.78. The molecule has 2 aromatic heterocycles. The van der Waals surface area contributed by atoms with Gasteiger partial charge in [0, 0.05) is 4.88 Å². The van der Waals surface area contributed by atoms with E-state index in [9.17, 15) is 19.7 Å². The smallest absolute Gasteiger partial charge is 0.296 e. The number of hydrogen-bond acceptors (Lipinski definition) is 7. The van der Waals surface area contributed by atoms with E-state index in [1.165, 1.54) is 41.1 Å². The Morgan fingerprint density at radius 3 is 2.90 bits per heavy atom. The van der Waals surface area contributed by atoms with Crippen LogP contribution in [-0.4, -0.2) is 27.5 Å². The van der Waals surface area contributed by atoms with Gasteiger partial charge in [-0.25, -0.2) is 4.98 Å². The summed E-state index contributed by atoms with van der Waals surface area (Å²) in [5, 5.41) is 14.4. The van der Waals surface area contributed by atoms with Crippen LogP contribution in [0.4, 0.5) is 11.4 Å². The molecule has 3 aromatic rings. The minimum Gasteiger partial charge on any atom is -0.496 e. The number of fused-ring (bicyclic) bond motifs is 3. The Balaban J connectivity index is 1.61. The van der Waals surface area contributed by atoms with Gasteiger partial charge in [-0.05, 0) is 43.4 Å². The maximum absolute atomic E-state index is 13.0. The summed E-state index contributed by atoms with van der Waals surface area (Å²) in [7, 11) is 1.40. The molecule has 0 fully saturated rings. The number of nitrogens with zero attached hydrogens (tertiary/aromatic N) is 3. The first-order valence-corrected chi connectivity index (χ1v) is 10.4. The lowest BCUT2D eigenvalue weighted by atomic mass is 10.1. The molecule has 9 nitrogen and oxygen atoms in total. The molecule has 0 saturated heterocycles. The minimum atomic E-state index is -0.599. The fourth-order valence-corrected chi connectivity index (χ4v) is 4.93. The molecule has 1 aliphatic carbocycles. The van der Waals surface area contributed by atoms with Gasteiger partial charge in [-0.2, -0.15) is 0 Å².